The molecule has 0 saturated carbocycles. The molecule has 1 aromatic carbocycles. The molecule has 2 aromatic heterocycles. The van der Waals surface area contributed by atoms with Crippen LogP contribution in [0.25, 0.3) is 10.2 Å². The van der Waals surface area contributed by atoms with Crippen molar-refractivity contribution in [3.63, 3.8) is 0 Å². The fraction of sp³-hybridized carbons (Fsp3) is 0.333. The van der Waals surface area contributed by atoms with E-state index in [2.05, 4.69) is 20.6 Å². The highest BCUT2D eigenvalue weighted by molar-refractivity contribution is 7.18. The molecule has 3 aromatic rings. The molecule has 2 amide bonds. The van der Waals surface area contributed by atoms with Crippen LogP contribution in [0.4, 0.5) is 5.69 Å². The lowest BCUT2D eigenvalue weighted by Crippen LogP contribution is -2.28. The minimum Gasteiger partial charge on any atom is -0.482 e. The van der Waals surface area contributed by atoms with Gasteiger partial charge in [-0.25, -0.2) is 4.98 Å². The van der Waals surface area contributed by atoms with Crippen molar-refractivity contribution in [3.8, 4) is 5.75 Å². The second-order valence-corrected chi connectivity index (χ2v) is 7.83. The molecule has 0 unspecified atom stereocenters. The maximum absolute atomic E-state index is 12.5. The highest BCUT2D eigenvalue weighted by atomic mass is 32.1. The summed E-state index contributed by atoms with van der Waals surface area (Å²) in [6, 6.07) is 5.27. The first-order valence-corrected chi connectivity index (χ1v) is 10.9. The largest absolute Gasteiger partial charge is 0.482 e. The first-order valence-electron chi connectivity index (χ1n) is 10.0. The summed E-state index contributed by atoms with van der Waals surface area (Å²) in [7, 11) is 0. The normalized spacial score (nSPS) is 14.5. The topological polar surface area (TPSA) is 122 Å². The Hall–Kier alpha value is -3.24. The van der Waals surface area contributed by atoms with Crippen LogP contribution in [-0.2, 0) is 29.1 Å². The van der Waals surface area contributed by atoms with Crippen molar-refractivity contribution in [2.45, 2.75) is 33.4 Å². The number of carbonyl (C=O) groups is 2. The van der Waals surface area contributed by atoms with Crippen molar-refractivity contribution < 1.29 is 19.1 Å². The third-order valence-corrected chi connectivity index (χ3v) is 5.92. The maximum atomic E-state index is 12.5. The van der Waals surface area contributed by atoms with E-state index in [0.29, 0.717) is 41.3 Å². The minimum absolute atomic E-state index is 0.0110. The molecule has 4 heterocycles. The lowest BCUT2D eigenvalue weighted by molar-refractivity contribution is -0.118. The summed E-state index contributed by atoms with van der Waals surface area (Å²) in [5.41, 5.74) is 1.99. The minimum atomic E-state index is -0.482. The second-order valence-electron chi connectivity index (χ2n) is 6.75. The van der Waals surface area contributed by atoms with Gasteiger partial charge < -0.3 is 25.1 Å². The predicted molar refractivity (Wildman–Crippen MR) is 117 cm³/mol. The fourth-order valence-electron chi connectivity index (χ4n) is 3.44. The van der Waals surface area contributed by atoms with E-state index in [1.165, 1.54) is 11.3 Å². The number of aromatic nitrogens is 2. The van der Waals surface area contributed by atoms with E-state index in [0.717, 1.165) is 16.0 Å². The molecule has 0 saturated heterocycles. The van der Waals surface area contributed by atoms with E-state index in [1.54, 1.807) is 18.2 Å². The number of amides is 2. The monoisotopic (exact) mass is 442 g/mol. The van der Waals surface area contributed by atoms with Crippen LogP contribution in [0.5, 0.6) is 5.75 Å². The highest BCUT2D eigenvalue weighted by Gasteiger charge is 2.22. The molecule has 5 rings (SSSR count). The zero-order valence-corrected chi connectivity index (χ0v) is 18.0. The molecule has 2 aliphatic rings. The van der Waals surface area contributed by atoms with Gasteiger partial charge in [0.1, 0.15) is 10.6 Å². The summed E-state index contributed by atoms with van der Waals surface area (Å²) in [4.78, 5) is 45.0. The number of benzene rings is 1. The molecule has 10 heteroatoms. The Balaban J connectivity index is 0.00000112. The quantitative estimate of drug-likeness (QED) is 0.572. The number of hydrogen-bond acceptors (Lipinski definition) is 7. The number of anilines is 1. The fourth-order valence-corrected chi connectivity index (χ4v) is 4.60. The van der Waals surface area contributed by atoms with E-state index in [1.807, 2.05) is 13.8 Å². The Morgan fingerprint density at radius 2 is 2.10 bits per heavy atom. The molecule has 0 radical (unpaired) electrons. The van der Waals surface area contributed by atoms with Gasteiger partial charge in [0.2, 0.25) is 5.82 Å². The summed E-state index contributed by atoms with van der Waals surface area (Å²) in [6.45, 7) is 5.24. The summed E-state index contributed by atoms with van der Waals surface area (Å²) >= 11 is 1.39. The van der Waals surface area contributed by atoms with Crippen LogP contribution in [0, 0.1) is 0 Å². The number of aromatic amines is 1. The zero-order chi connectivity index (χ0) is 22.0. The molecule has 162 valence electrons. The predicted octanol–water partition coefficient (Wildman–Crippen LogP) is 2.34. The van der Waals surface area contributed by atoms with Crippen LogP contribution in [-0.4, -0.2) is 35.0 Å². The van der Waals surface area contributed by atoms with Gasteiger partial charge in [-0.15, -0.1) is 11.3 Å². The van der Waals surface area contributed by atoms with Crippen LogP contribution in [0.15, 0.2) is 23.0 Å². The van der Waals surface area contributed by atoms with Gasteiger partial charge >= 0.3 is 0 Å². The number of carbonyl (C=O) groups excluding carboxylic acids is 2. The van der Waals surface area contributed by atoms with Crippen LogP contribution >= 0.6 is 11.3 Å². The van der Waals surface area contributed by atoms with E-state index < -0.39 is 5.91 Å². The van der Waals surface area contributed by atoms with Gasteiger partial charge in [-0.05, 0) is 29.7 Å². The van der Waals surface area contributed by atoms with Gasteiger partial charge in [-0.3, -0.25) is 14.4 Å². The lowest BCUT2D eigenvalue weighted by Gasteiger charge is -2.18. The number of nitrogens with one attached hydrogen (secondary N) is 3. The van der Waals surface area contributed by atoms with Crippen LogP contribution in [0.1, 0.15) is 40.5 Å². The van der Waals surface area contributed by atoms with Gasteiger partial charge in [0.25, 0.3) is 17.4 Å². The molecule has 31 heavy (non-hydrogen) atoms. The van der Waals surface area contributed by atoms with Crippen LogP contribution in [0.3, 0.4) is 0 Å². The Morgan fingerprint density at radius 1 is 1.26 bits per heavy atom. The summed E-state index contributed by atoms with van der Waals surface area (Å²) in [6.07, 6.45) is 0.671. The standard InChI is InChI=1S/C19H16N4O5S.C2H6/c24-14-8-28-12-2-1-9(5-11(12)21-14)6-20-18(26)16-22-17(25)15-10-3-4-27-7-13(10)29-19(15)23-16;1-2/h1-2,5H,3-4,6-8H2,(H,20,26)(H,21,24)(H,22,23,25);1-2H3. The summed E-state index contributed by atoms with van der Waals surface area (Å²) in [5, 5.41) is 6.02. The average molecular weight is 442 g/mol. The molecule has 3 N–H and O–H groups in total. The van der Waals surface area contributed by atoms with E-state index in [9.17, 15) is 14.4 Å². The smallest absolute Gasteiger partial charge is 0.287 e. The zero-order valence-electron chi connectivity index (χ0n) is 17.2. The van der Waals surface area contributed by atoms with Gasteiger partial charge in [-0.1, -0.05) is 19.9 Å². The number of nitrogens with zero attached hydrogens (tertiary/aromatic N) is 1. The van der Waals surface area contributed by atoms with E-state index >= 15 is 0 Å². The number of fused-ring (bicyclic) bond motifs is 4. The Bertz CT molecular complexity index is 1220. The summed E-state index contributed by atoms with van der Waals surface area (Å²) < 4.78 is 10.8. The van der Waals surface area contributed by atoms with Crippen molar-refractivity contribution in [3.05, 3.63) is 50.4 Å². The number of thiophene rings is 1. The van der Waals surface area contributed by atoms with Gasteiger partial charge in [0.15, 0.2) is 6.61 Å². The van der Waals surface area contributed by atoms with Crippen LogP contribution in [0.2, 0.25) is 0 Å². The number of ether oxygens (including phenoxy) is 2. The number of rotatable bonds is 3. The highest BCUT2D eigenvalue weighted by Crippen LogP contribution is 2.31. The molecule has 0 atom stereocenters. The van der Waals surface area contributed by atoms with E-state index in [4.69, 9.17) is 9.47 Å². The molecular weight excluding hydrogens is 420 g/mol. The molecule has 0 spiro atoms. The second kappa shape index (κ2) is 8.86. The van der Waals surface area contributed by atoms with Gasteiger partial charge in [0.05, 0.1) is 24.3 Å². The molecule has 0 bridgehead atoms. The van der Waals surface area contributed by atoms with Crippen molar-refractivity contribution >= 4 is 39.1 Å². The van der Waals surface area contributed by atoms with Crippen LogP contribution < -0.4 is 20.9 Å². The number of hydrogen-bond donors (Lipinski definition) is 3. The number of H-pyrrole nitrogens is 1. The third-order valence-electron chi connectivity index (χ3n) is 4.82. The lowest BCUT2D eigenvalue weighted by atomic mass is 10.1. The third kappa shape index (κ3) is 4.17. The van der Waals surface area contributed by atoms with Crippen molar-refractivity contribution in [2.24, 2.45) is 0 Å². The Kier molecular flexibility index (Phi) is 6.01. The molecule has 2 aliphatic heterocycles. The average Bonchev–Trinajstić information content (AvgIpc) is 3.17. The van der Waals surface area contributed by atoms with Crippen molar-refractivity contribution in [1.29, 1.82) is 0 Å². The van der Waals surface area contributed by atoms with Crippen molar-refractivity contribution in [1.82, 2.24) is 15.3 Å². The Morgan fingerprint density at radius 3 is 2.94 bits per heavy atom. The Labute approximate surface area is 181 Å². The molecule has 0 fully saturated rings. The van der Waals surface area contributed by atoms with E-state index in [-0.39, 0.29) is 30.4 Å². The first-order chi connectivity index (χ1) is 15.1. The van der Waals surface area contributed by atoms with Crippen molar-refractivity contribution in [2.75, 3.05) is 18.5 Å². The maximum Gasteiger partial charge on any atom is 0.287 e. The first kappa shape index (κ1) is 21.0. The summed E-state index contributed by atoms with van der Waals surface area (Å²) in [5.74, 6) is -0.152. The van der Waals surface area contributed by atoms with Gasteiger partial charge in [0, 0.05) is 11.4 Å². The molecule has 9 nitrogen and oxygen atoms in total. The molecular formula is C21H22N4O5S. The van der Waals surface area contributed by atoms with Gasteiger partial charge in [-0.2, -0.15) is 0 Å². The SMILES string of the molecule is CC.O=C1COc2ccc(CNC(=O)c3nc4sc5c(c4c(=O)[nH]3)CCOC5)cc2N1. The molecule has 0 aliphatic carbocycles.